The standard InChI is InChI=1S/C19H23ClN2O5S/c1-4-27-18-10-9-15(11-16(18)20)28(24,25)22(2)13-19(23)21-12-14-7-5-6-8-17(14)26-3/h5-11H,4,12-13H2,1-3H3,(H,21,23). The fraction of sp³-hybridized carbons (Fsp3) is 0.316. The van der Waals surface area contributed by atoms with Gasteiger partial charge in [0.15, 0.2) is 0 Å². The number of likely N-dealkylation sites (N-methyl/N-ethyl adjacent to an activating group) is 1. The number of halogens is 1. The van der Waals surface area contributed by atoms with Gasteiger partial charge in [-0.1, -0.05) is 29.8 Å². The molecule has 2 aromatic rings. The molecule has 0 aliphatic carbocycles. The molecule has 7 nitrogen and oxygen atoms in total. The molecule has 0 saturated carbocycles. The maximum Gasteiger partial charge on any atom is 0.243 e. The molecule has 0 fully saturated rings. The van der Waals surface area contributed by atoms with Gasteiger partial charge in [-0.3, -0.25) is 4.79 Å². The number of nitrogens with zero attached hydrogens (tertiary/aromatic N) is 1. The maximum absolute atomic E-state index is 12.7. The van der Waals surface area contributed by atoms with E-state index in [2.05, 4.69) is 5.32 Å². The molecule has 0 spiro atoms. The average Bonchev–Trinajstić information content (AvgIpc) is 2.68. The van der Waals surface area contributed by atoms with Crippen LogP contribution in [0.5, 0.6) is 11.5 Å². The van der Waals surface area contributed by atoms with Crippen molar-refractivity contribution < 1.29 is 22.7 Å². The third kappa shape index (κ3) is 5.37. The highest BCUT2D eigenvalue weighted by atomic mass is 35.5. The second kappa shape index (κ2) is 9.77. The Bertz CT molecular complexity index is 934. The minimum Gasteiger partial charge on any atom is -0.496 e. The van der Waals surface area contributed by atoms with Crippen molar-refractivity contribution >= 4 is 27.5 Å². The summed E-state index contributed by atoms with van der Waals surface area (Å²) in [5.74, 6) is 0.613. The number of para-hydroxylation sites is 1. The van der Waals surface area contributed by atoms with Gasteiger partial charge >= 0.3 is 0 Å². The molecule has 2 aromatic carbocycles. The second-order valence-electron chi connectivity index (χ2n) is 5.87. The van der Waals surface area contributed by atoms with Crippen molar-refractivity contribution in [3.05, 3.63) is 53.1 Å². The zero-order valence-electron chi connectivity index (χ0n) is 15.9. The predicted octanol–water partition coefficient (Wildman–Crippen LogP) is 2.68. The molecule has 152 valence electrons. The summed E-state index contributed by atoms with van der Waals surface area (Å²) in [5, 5.41) is 2.89. The van der Waals surface area contributed by atoms with E-state index in [-0.39, 0.29) is 23.0 Å². The van der Waals surface area contributed by atoms with Gasteiger partial charge in [0.25, 0.3) is 0 Å². The van der Waals surface area contributed by atoms with E-state index in [4.69, 9.17) is 21.1 Å². The molecule has 1 amide bonds. The van der Waals surface area contributed by atoms with E-state index in [1.165, 1.54) is 25.2 Å². The van der Waals surface area contributed by atoms with Crippen molar-refractivity contribution in [1.29, 1.82) is 0 Å². The first-order chi connectivity index (χ1) is 13.3. The van der Waals surface area contributed by atoms with Crippen LogP contribution in [0.2, 0.25) is 5.02 Å². The second-order valence-corrected chi connectivity index (χ2v) is 8.33. The Hall–Kier alpha value is -2.29. The topological polar surface area (TPSA) is 84.9 Å². The van der Waals surface area contributed by atoms with Gasteiger partial charge in [0, 0.05) is 19.2 Å². The number of benzene rings is 2. The van der Waals surface area contributed by atoms with Crippen LogP contribution in [0.15, 0.2) is 47.4 Å². The first-order valence-electron chi connectivity index (χ1n) is 8.56. The summed E-state index contributed by atoms with van der Waals surface area (Å²) in [7, 11) is -0.996. The van der Waals surface area contributed by atoms with Crippen LogP contribution in [-0.4, -0.2) is 45.9 Å². The van der Waals surface area contributed by atoms with E-state index in [1.54, 1.807) is 20.1 Å². The number of methoxy groups -OCH3 is 1. The molecule has 28 heavy (non-hydrogen) atoms. The predicted molar refractivity (Wildman–Crippen MR) is 107 cm³/mol. The Labute approximate surface area is 170 Å². The quantitative estimate of drug-likeness (QED) is 0.666. The lowest BCUT2D eigenvalue weighted by Crippen LogP contribution is -2.38. The van der Waals surface area contributed by atoms with Crippen molar-refractivity contribution in [2.45, 2.75) is 18.4 Å². The minimum atomic E-state index is -3.88. The lowest BCUT2D eigenvalue weighted by molar-refractivity contribution is -0.121. The van der Waals surface area contributed by atoms with Crippen LogP contribution in [-0.2, 0) is 21.4 Å². The monoisotopic (exact) mass is 426 g/mol. The lowest BCUT2D eigenvalue weighted by atomic mass is 10.2. The smallest absolute Gasteiger partial charge is 0.243 e. The summed E-state index contributed by atoms with van der Waals surface area (Å²) in [6.07, 6.45) is 0. The summed E-state index contributed by atoms with van der Waals surface area (Å²) in [6, 6.07) is 11.5. The third-order valence-electron chi connectivity index (χ3n) is 3.95. The van der Waals surface area contributed by atoms with Gasteiger partial charge in [-0.15, -0.1) is 0 Å². The Kier molecular flexibility index (Phi) is 7.68. The van der Waals surface area contributed by atoms with E-state index in [0.29, 0.717) is 18.1 Å². The summed E-state index contributed by atoms with van der Waals surface area (Å²) >= 11 is 6.07. The number of hydrogen-bond acceptors (Lipinski definition) is 5. The molecule has 0 aromatic heterocycles. The summed E-state index contributed by atoms with van der Waals surface area (Å²) in [6.45, 7) is 2.12. The van der Waals surface area contributed by atoms with Gasteiger partial charge in [0.1, 0.15) is 11.5 Å². The zero-order valence-corrected chi connectivity index (χ0v) is 17.5. The molecule has 9 heteroatoms. The molecule has 0 unspecified atom stereocenters. The van der Waals surface area contributed by atoms with Gasteiger partial charge in [-0.2, -0.15) is 4.31 Å². The third-order valence-corrected chi connectivity index (χ3v) is 6.04. The SMILES string of the molecule is CCOc1ccc(S(=O)(=O)N(C)CC(=O)NCc2ccccc2OC)cc1Cl. The van der Waals surface area contributed by atoms with E-state index in [9.17, 15) is 13.2 Å². The Morgan fingerprint density at radius 3 is 2.54 bits per heavy atom. The van der Waals surface area contributed by atoms with Crippen LogP contribution in [0.4, 0.5) is 0 Å². The van der Waals surface area contributed by atoms with Crippen LogP contribution < -0.4 is 14.8 Å². The van der Waals surface area contributed by atoms with Crippen molar-refractivity contribution in [2.24, 2.45) is 0 Å². The molecule has 0 aliphatic rings. The maximum atomic E-state index is 12.7. The van der Waals surface area contributed by atoms with Crippen molar-refractivity contribution in [3.8, 4) is 11.5 Å². The minimum absolute atomic E-state index is 0.0130. The number of carbonyl (C=O) groups excluding carboxylic acids is 1. The van der Waals surface area contributed by atoms with Gasteiger partial charge in [0.2, 0.25) is 15.9 Å². The van der Waals surface area contributed by atoms with E-state index in [1.807, 2.05) is 18.2 Å². The van der Waals surface area contributed by atoms with Gasteiger partial charge in [0.05, 0.1) is 30.2 Å². The first kappa shape index (κ1) is 22.0. The highest BCUT2D eigenvalue weighted by Crippen LogP contribution is 2.28. The Balaban J connectivity index is 2.03. The first-order valence-corrected chi connectivity index (χ1v) is 10.4. The summed E-state index contributed by atoms with van der Waals surface area (Å²) in [4.78, 5) is 12.2. The fourth-order valence-corrected chi connectivity index (χ4v) is 3.93. The summed E-state index contributed by atoms with van der Waals surface area (Å²) in [5.41, 5.74) is 0.794. The molecule has 0 heterocycles. The van der Waals surface area contributed by atoms with Crippen LogP contribution in [0, 0.1) is 0 Å². The van der Waals surface area contributed by atoms with Crippen molar-refractivity contribution in [3.63, 3.8) is 0 Å². The van der Waals surface area contributed by atoms with Crippen LogP contribution in [0.25, 0.3) is 0 Å². The van der Waals surface area contributed by atoms with Crippen LogP contribution in [0.1, 0.15) is 12.5 Å². The van der Waals surface area contributed by atoms with E-state index < -0.39 is 15.9 Å². The van der Waals surface area contributed by atoms with Crippen molar-refractivity contribution in [2.75, 3.05) is 27.3 Å². The highest BCUT2D eigenvalue weighted by Gasteiger charge is 2.24. The molecule has 0 atom stereocenters. The highest BCUT2D eigenvalue weighted by molar-refractivity contribution is 7.89. The zero-order chi connectivity index (χ0) is 20.7. The van der Waals surface area contributed by atoms with Crippen LogP contribution >= 0.6 is 11.6 Å². The molecule has 0 radical (unpaired) electrons. The normalized spacial score (nSPS) is 11.3. The average molecular weight is 427 g/mol. The number of nitrogens with one attached hydrogen (secondary N) is 1. The van der Waals surface area contributed by atoms with Gasteiger partial charge in [-0.25, -0.2) is 8.42 Å². The molecule has 0 aliphatic heterocycles. The lowest BCUT2D eigenvalue weighted by Gasteiger charge is -2.18. The molecular weight excluding hydrogens is 404 g/mol. The molecule has 0 bridgehead atoms. The molecule has 2 rings (SSSR count). The number of carbonyl (C=O) groups is 1. The fourth-order valence-electron chi connectivity index (χ4n) is 2.48. The van der Waals surface area contributed by atoms with Crippen LogP contribution in [0.3, 0.4) is 0 Å². The van der Waals surface area contributed by atoms with E-state index >= 15 is 0 Å². The molecular formula is C19H23ClN2O5S. The molecule has 1 N–H and O–H groups in total. The van der Waals surface area contributed by atoms with E-state index in [0.717, 1.165) is 9.87 Å². The number of sulfonamides is 1. The number of amides is 1. The summed E-state index contributed by atoms with van der Waals surface area (Å²) < 4.78 is 36.9. The van der Waals surface area contributed by atoms with Gasteiger partial charge in [-0.05, 0) is 31.2 Å². The molecule has 0 saturated heterocycles. The van der Waals surface area contributed by atoms with Crippen molar-refractivity contribution in [1.82, 2.24) is 9.62 Å². The van der Waals surface area contributed by atoms with Gasteiger partial charge < -0.3 is 14.8 Å². The number of hydrogen-bond donors (Lipinski definition) is 1. The largest absolute Gasteiger partial charge is 0.496 e. The Morgan fingerprint density at radius 1 is 1.18 bits per heavy atom. The number of ether oxygens (including phenoxy) is 2. The Morgan fingerprint density at radius 2 is 1.89 bits per heavy atom. The number of rotatable bonds is 9.